The maximum atomic E-state index is 11.0. The maximum Gasteiger partial charge on any atom is 0.308 e. The molecule has 0 aliphatic heterocycles. The van der Waals surface area contributed by atoms with Crippen molar-refractivity contribution >= 4 is 34.8 Å². The zero-order chi connectivity index (χ0) is 12.8. The van der Waals surface area contributed by atoms with Gasteiger partial charge in [-0.1, -0.05) is 5.16 Å². The third-order valence-electron chi connectivity index (χ3n) is 1.78. The summed E-state index contributed by atoms with van der Waals surface area (Å²) in [5.41, 5.74) is 0.663. The van der Waals surface area contributed by atoms with Gasteiger partial charge in [0, 0.05) is 12.5 Å². The minimum absolute atomic E-state index is 0.384. The van der Waals surface area contributed by atoms with Crippen molar-refractivity contribution in [2.45, 2.75) is 13.8 Å². The Balaban J connectivity index is 3.21. The lowest BCUT2D eigenvalue weighted by molar-refractivity contribution is -0.132. The van der Waals surface area contributed by atoms with Gasteiger partial charge in [-0.15, -0.1) is 0 Å². The summed E-state index contributed by atoms with van der Waals surface area (Å²) in [4.78, 5) is 11.0. The molecule has 0 fully saturated rings. The first-order valence-electron chi connectivity index (χ1n) is 4.90. The molecule has 0 saturated carbocycles. The van der Waals surface area contributed by atoms with Crippen molar-refractivity contribution in [1.29, 1.82) is 0 Å². The third kappa shape index (κ3) is 3.88. The minimum atomic E-state index is -0.410. The molecule has 1 N–H and O–H groups in total. The standard InChI is InChI=1S/C11H12INO4/c1-3-16-10-5-8(6-13-15)4-9(12)11(10)17-7(2)14/h4-6,15H,3H2,1-2H3/b13-6+. The van der Waals surface area contributed by atoms with E-state index in [9.17, 15) is 4.79 Å². The average molecular weight is 349 g/mol. The number of benzene rings is 1. The number of nitrogens with zero attached hydrogens (tertiary/aromatic N) is 1. The average Bonchev–Trinajstić information content (AvgIpc) is 2.23. The van der Waals surface area contributed by atoms with E-state index in [4.69, 9.17) is 14.7 Å². The van der Waals surface area contributed by atoms with Crippen molar-refractivity contribution in [2.75, 3.05) is 6.61 Å². The highest BCUT2D eigenvalue weighted by atomic mass is 127. The van der Waals surface area contributed by atoms with Gasteiger partial charge in [0.05, 0.1) is 16.4 Å². The normalized spacial score (nSPS) is 10.5. The van der Waals surface area contributed by atoms with Gasteiger partial charge in [0.25, 0.3) is 0 Å². The first-order valence-corrected chi connectivity index (χ1v) is 5.98. The second-order valence-electron chi connectivity index (χ2n) is 3.10. The summed E-state index contributed by atoms with van der Waals surface area (Å²) in [6.45, 7) is 3.61. The lowest BCUT2D eigenvalue weighted by atomic mass is 10.2. The van der Waals surface area contributed by atoms with Crippen LogP contribution < -0.4 is 9.47 Å². The molecular formula is C11H12INO4. The minimum Gasteiger partial charge on any atom is -0.490 e. The van der Waals surface area contributed by atoms with Gasteiger partial charge in [-0.3, -0.25) is 4.79 Å². The molecule has 0 radical (unpaired) electrons. The Morgan fingerprint density at radius 3 is 2.82 bits per heavy atom. The zero-order valence-corrected chi connectivity index (χ0v) is 11.6. The fourth-order valence-corrected chi connectivity index (χ4v) is 1.97. The van der Waals surface area contributed by atoms with E-state index >= 15 is 0 Å². The van der Waals surface area contributed by atoms with Crippen LogP contribution in [0.15, 0.2) is 17.3 Å². The van der Waals surface area contributed by atoms with Gasteiger partial charge in [-0.25, -0.2) is 0 Å². The number of esters is 1. The molecule has 6 heteroatoms. The smallest absolute Gasteiger partial charge is 0.308 e. The maximum absolute atomic E-state index is 11.0. The van der Waals surface area contributed by atoms with Gasteiger partial charge < -0.3 is 14.7 Å². The summed E-state index contributed by atoms with van der Waals surface area (Å²) in [5, 5.41) is 11.4. The Morgan fingerprint density at radius 2 is 2.29 bits per heavy atom. The summed E-state index contributed by atoms with van der Waals surface area (Å²) in [7, 11) is 0. The first-order chi connectivity index (χ1) is 8.08. The number of oxime groups is 1. The third-order valence-corrected chi connectivity index (χ3v) is 2.59. The molecule has 1 rings (SSSR count). The van der Waals surface area contributed by atoms with Crippen LogP contribution in [0.1, 0.15) is 19.4 Å². The molecular weight excluding hydrogens is 337 g/mol. The van der Waals surface area contributed by atoms with Crippen LogP contribution in [0.5, 0.6) is 11.5 Å². The van der Waals surface area contributed by atoms with E-state index in [1.807, 2.05) is 29.5 Å². The van der Waals surface area contributed by atoms with E-state index in [1.54, 1.807) is 12.1 Å². The second-order valence-corrected chi connectivity index (χ2v) is 4.26. The summed E-state index contributed by atoms with van der Waals surface area (Å²) < 4.78 is 11.2. The van der Waals surface area contributed by atoms with Crippen LogP contribution >= 0.6 is 22.6 Å². The lowest BCUT2D eigenvalue weighted by Gasteiger charge is -2.12. The molecule has 0 aromatic heterocycles. The van der Waals surface area contributed by atoms with Gasteiger partial charge in [0.15, 0.2) is 11.5 Å². The second kappa shape index (κ2) is 6.43. The SMILES string of the molecule is CCOc1cc(/C=N/O)cc(I)c1OC(C)=O. The highest BCUT2D eigenvalue weighted by molar-refractivity contribution is 14.1. The predicted octanol–water partition coefficient (Wildman–Crippen LogP) is 2.42. The fourth-order valence-electron chi connectivity index (χ4n) is 1.23. The Labute approximate surface area is 113 Å². The van der Waals surface area contributed by atoms with Crippen LogP contribution in [0.4, 0.5) is 0 Å². The van der Waals surface area contributed by atoms with E-state index in [0.29, 0.717) is 27.2 Å². The van der Waals surface area contributed by atoms with Crippen molar-refractivity contribution in [2.24, 2.45) is 5.16 Å². The number of hydrogen-bond acceptors (Lipinski definition) is 5. The van der Waals surface area contributed by atoms with Crippen molar-refractivity contribution in [1.82, 2.24) is 0 Å². The molecule has 5 nitrogen and oxygen atoms in total. The first kappa shape index (κ1) is 13.8. The Kier molecular flexibility index (Phi) is 5.20. The molecule has 0 atom stereocenters. The largest absolute Gasteiger partial charge is 0.490 e. The van der Waals surface area contributed by atoms with Crippen molar-refractivity contribution in [3.8, 4) is 11.5 Å². The van der Waals surface area contributed by atoms with Crippen LogP contribution in [0.25, 0.3) is 0 Å². The molecule has 0 spiro atoms. The van der Waals surface area contributed by atoms with E-state index in [2.05, 4.69) is 5.16 Å². The predicted molar refractivity (Wildman–Crippen MR) is 71.0 cm³/mol. The molecule has 1 aromatic rings. The molecule has 0 aliphatic carbocycles. The Morgan fingerprint density at radius 1 is 1.59 bits per heavy atom. The van der Waals surface area contributed by atoms with Crippen molar-refractivity contribution in [3.63, 3.8) is 0 Å². The van der Waals surface area contributed by atoms with Crippen LogP contribution in [0.2, 0.25) is 0 Å². The molecule has 0 bridgehead atoms. The molecule has 0 heterocycles. The summed E-state index contributed by atoms with van der Waals surface area (Å²) in [6.07, 6.45) is 1.28. The highest BCUT2D eigenvalue weighted by Crippen LogP contribution is 2.33. The van der Waals surface area contributed by atoms with Crippen LogP contribution in [-0.4, -0.2) is 24.0 Å². The van der Waals surface area contributed by atoms with Gasteiger partial charge in [0.1, 0.15) is 0 Å². The molecule has 0 aliphatic rings. The number of ether oxygens (including phenoxy) is 2. The summed E-state index contributed by atoms with van der Waals surface area (Å²) >= 11 is 2.02. The topological polar surface area (TPSA) is 68.1 Å². The van der Waals surface area contributed by atoms with Gasteiger partial charge >= 0.3 is 5.97 Å². The quantitative estimate of drug-likeness (QED) is 0.226. The molecule has 1 aromatic carbocycles. The number of halogens is 1. The molecule has 0 saturated heterocycles. The van der Waals surface area contributed by atoms with Crippen LogP contribution in [0, 0.1) is 3.57 Å². The number of carbonyl (C=O) groups excluding carboxylic acids is 1. The van der Waals surface area contributed by atoms with E-state index < -0.39 is 5.97 Å². The number of carbonyl (C=O) groups is 1. The van der Waals surface area contributed by atoms with E-state index in [-0.39, 0.29) is 0 Å². The molecule has 0 amide bonds. The molecule has 0 unspecified atom stereocenters. The highest BCUT2D eigenvalue weighted by Gasteiger charge is 2.13. The number of hydrogen-bond donors (Lipinski definition) is 1. The van der Waals surface area contributed by atoms with Gasteiger partial charge in [0.2, 0.25) is 0 Å². The van der Waals surface area contributed by atoms with E-state index in [1.165, 1.54) is 13.1 Å². The van der Waals surface area contributed by atoms with Crippen LogP contribution in [0.3, 0.4) is 0 Å². The fraction of sp³-hybridized carbons (Fsp3) is 0.273. The Hall–Kier alpha value is -1.31. The zero-order valence-electron chi connectivity index (χ0n) is 9.44. The summed E-state index contributed by atoms with van der Waals surface area (Å²) in [6, 6.07) is 3.37. The number of rotatable bonds is 4. The van der Waals surface area contributed by atoms with Gasteiger partial charge in [-0.2, -0.15) is 0 Å². The Bertz CT molecular complexity index is 445. The lowest BCUT2D eigenvalue weighted by Crippen LogP contribution is -2.06. The van der Waals surface area contributed by atoms with E-state index in [0.717, 1.165) is 0 Å². The molecule has 92 valence electrons. The van der Waals surface area contributed by atoms with Crippen LogP contribution in [-0.2, 0) is 4.79 Å². The van der Waals surface area contributed by atoms with Crippen molar-refractivity contribution < 1.29 is 19.5 Å². The monoisotopic (exact) mass is 349 g/mol. The molecule has 17 heavy (non-hydrogen) atoms. The summed E-state index contributed by atoms with van der Waals surface area (Å²) in [5.74, 6) is 0.423. The van der Waals surface area contributed by atoms with Gasteiger partial charge in [-0.05, 0) is 41.6 Å². The van der Waals surface area contributed by atoms with Crippen molar-refractivity contribution in [3.05, 3.63) is 21.3 Å².